The number of allylic oxidation sites excluding steroid dienone is 3. The van der Waals surface area contributed by atoms with Crippen molar-refractivity contribution in [1.29, 1.82) is 0 Å². The van der Waals surface area contributed by atoms with Gasteiger partial charge in [0, 0.05) is 11.5 Å². The quantitative estimate of drug-likeness (QED) is 0.427. The molecule has 2 atom stereocenters. The lowest BCUT2D eigenvalue weighted by Crippen LogP contribution is -2.06. The zero-order valence-corrected chi connectivity index (χ0v) is 9.77. The van der Waals surface area contributed by atoms with Crippen LogP contribution < -0.4 is 0 Å². The summed E-state index contributed by atoms with van der Waals surface area (Å²) in [6.45, 7) is 8.06. The lowest BCUT2D eigenvalue weighted by molar-refractivity contribution is -0.132. The lowest BCUT2D eigenvalue weighted by Gasteiger charge is -2.07. The van der Waals surface area contributed by atoms with Crippen LogP contribution >= 0.6 is 0 Å². The summed E-state index contributed by atoms with van der Waals surface area (Å²) in [4.78, 5) is 10.6. The van der Waals surface area contributed by atoms with E-state index in [1.807, 2.05) is 6.92 Å². The van der Waals surface area contributed by atoms with Gasteiger partial charge < -0.3 is 9.84 Å². The molecule has 0 aromatic rings. The van der Waals surface area contributed by atoms with E-state index in [1.54, 1.807) is 19.1 Å². The molecule has 0 bridgehead atoms. The monoisotopic (exact) mass is 222 g/mol. The van der Waals surface area contributed by atoms with E-state index in [-0.39, 0.29) is 12.0 Å². The van der Waals surface area contributed by atoms with Gasteiger partial charge in [-0.3, -0.25) is 0 Å². The van der Waals surface area contributed by atoms with Crippen LogP contribution in [0.25, 0.3) is 0 Å². The molecule has 1 N–H and O–H groups in total. The van der Waals surface area contributed by atoms with Gasteiger partial charge in [-0.2, -0.15) is 0 Å². The van der Waals surface area contributed by atoms with Crippen LogP contribution in [0, 0.1) is 5.92 Å². The molecular formula is C13H18O3. The number of carboxylic acids is 1. The molecule has 3 heteroatoms. The molecule has 0 saturated carbocycles. The summed E-state index contributed by atoms with van der Waals surface area (Å²) in [5, 5.41) is 8.75. The first-order chi connectivity index (χ1) is 7.54. The maximum atomic E-state index is 10.6. The zero-order valence-electron chi connectivity index (χ0n) is 9.77. The fraction of sp³-hybridized carbons (Fsp3) is 0.462. The highest BCUT2D eigenvalue weighted by atomic mass is 16.6. The predicted molar refractivity (Wildman–Crippen MR) is 63.2 cm³/mol. The van der Waals surface area contributed by atoms with E-state index in [9.17, 15) is 4.79 Å². The van der Waals surface area contributed by atoms with Gasteiger partial charge in [-0.1, -0.05) is 30.4 Å². The molecule has 16 heavy (non-hydrogen) atoms. The van der Waals surface area contributed by atoms with Crippen molar-refractivity contribution in [3.05, 3.63) is 36.0 Å². The highest BCUT2D eigenvalue weighted by molar-refractivity contribution is 5.85. The fourth-order valence-corrected chi connectivity index (χ4v) is 1.44. The number of rotatable bonds is 6. The topological polar surface area (TPSA) is 49.8 Å². The first-order valence-electron chi connectivity index (χ1n) is 5.37. The van der Waals surface area contributed by atoms with Crippen molar-refractivity contribution in [1.82, 2.24) is 0 Å². The second-order valence-corrected chi connectivity index (χ2v) is 4.08. The summed E-state index contributed by atoms with van der Waals surface area (Å²) in [6.07, 6.45) is 6.59. The average molecular weight is 222 g/mol. The third-order valence-electron chi connectivity index (χ3n) is 2.67. The molecule has 0 amide bonds. The lowest BCUT2D eigenvalue weighted by atomic mass is 9.97. The Kier molecular flexibility index (Phi) is 4.50. The minimum absolute atomic E-state index is 0.243. The molecule has 0 aliphatic carbocycles. The first-order valence-corrected chi connectivity index (χ1v) is 5.37. The molecule has 1 heterocycles. The van der Waals surface area contributed by atoms with Crippen LogP contribution in [0.3, 0.4) is 0 Å². The number of carboxylic acid groups (broad SMARTS) is 1. The van der Waals surface area contributed by atoms with Gasteiger partial charge in [0.05, 0.1) is 12.7 Å². The second kappa shape index (κ2) is 5.66. The van der Waals surface area contributed by atoms with Gasteiger partial charge in [0.2, 0.25) is 0 Å². The number of carbonyl (C=O) groups is 1. The normalized spacial score (nSPS) is 22.8. The van der Waals surface area contributed by atoms with E-state index < -0.39 is 5.97 Å². The third kappa shape index (κ3) is 4.03. The Labute approximate surface area is 96.1 Å². The minimum Gasteiger partial charge on any atom is -0.478 e. The summed E-state index contributed by atoms with van der Waals surface area (Å²) in [5.41, 5.74) is 1.48. The van der Waals surface area contributed by atoms with Gasteiger partial charge >= 0.3 is 5.97 Å². The SMILES string of the molecule is C=CC(C)=CC(CC=C(C)C(=O)O)C1CO1. The van der Waals surface area contributed by atoms with Crippen molar-refractivity contribution in [3.63, 3.8) is 0 Å². The number of ether oxygens (including phenoxy) is 1. The number of hydrogen-bond acceptors (Lipinski definition) is 2. The molecule has 0 spiro atoms. The van der Waals surface area contributed by atoms with Crippen LogP contribution in [0.2, 0.25) is 0 Å². The van der Waals surface area contributed by atoms with Crippen LogP contribution in [0.4, 0.5) is 0 Å². The van der Waals surface area contributed by atoms with Crippen molar-refractivity contribution in [2.24, 2.45) is 5.92 Å². The van der Waals surface area contributed by atoms with E-state index in [2.05, 4.69) is 12.7 Å². The first kappa shape index (κ1) is 12.7. The van der Waals surface area contributed by atoms with Gasteiger partial charge in [-0.15, -0.1) is 0 Å². The van der Waals surface area contributed by atoms with Crippen molar-refractivity contribution < 1.29 is 14.6 Å². The van der Waals surface area contributed by atoms with Gasteiger partial charge in [0.25, 0.3) is 0 Å². The van der Waals surface area contributed by atoms with Gasteiger partial charge in [-0.05, 0) is 20.3 Å². The predicted octanol–water partition coefficient (Wildman–Crippen LogP) is 2.55. The van der Waals surface area contributed by atoms with E-state index in [0.29, 0.717) is 12.0 Å². The van der Waals surface area contributed by atoms with Crippen molar-refractivity contribution in [2.45, 2.75) is 26.4 Å². The summed E-state index contributed by atoms with van der Waals surface area (Å²) >= 11 is 0. The van der Waals surface area contributed by atoms with Crippen LogP contribution in [0.1, 0.15) is 20.3 Å². The molecule has 1 fully saturated rings. The van der Waals surface area contributed by atoms with Crippen LogP contribution in [-0.2, 0) is 9.53 Å². The summed E-state index contributed by atoms with van der Waals surface area (Å²) in [7, 11) is 0. The van der Waals surface area contributed by atoms with E-state index >= 15 is 0 Å². The Morgan fingerprint density at radius 1 is 1.62 bits per heavy atom. The maximum Gasteiger partial charge on any atom is 0.330 e. The van der Waals surface area contributed by atoms with Crippen LogP contribution in [0.5, 0.6) is 0 Å². The van der Waals surface area contributed by atoms with E-state index in [0.717, 1.165) is 12.2 Å². The highest BCUT2D eigenvalue weighted by Gasteiger charge is 2.30. The molecule has 1 aliphatic rings. The third-order valence-corrected chi connectivity index (χ3v) is 2.67. The summed E-state index contributed by atoms with van der Waals surface area (Å²) < 4.78 is 5.25. The Morgan fingerprint density at radius 2 is 2.25 bits per heavy atom. The van der Waals surface area contributed by atoms with Crippen LogP contribution in [-0.4, -0.2) is 23.8 Å². The van der Waals surface area contributed by atoms with E-state index in [4.69, 9.17) is 9.84 Å². The Bertz CT molecular complexity index is 335. The van der Waals surface area contributed by atoms with E-state index in [1.165, 1.54) is 0 Å². The molecule has 2 unspecified atom stereocenters. The Morgan fingerprint density at radius 3 is 2.69 bits per heavy atom. The van der Waals surface area contributed by atoms with Crippen molar-refractivity contribution >= 4 is 5.97 Å². The number of epoxide rings is 1. The van der Waals surface area contributed by atoms with Crippen molar-refractivity contribution in [3.8, 4) is 0 Å². The molecule has 1 saturated heterocycles. The molecule has 1 rings (SSSR count). The van der Waals surface area contributed by atoms with Gasteiger partial charge in [0.1, 0.15) is 0 Å². The standard InChI is InChI=1S/C13H18O3/c1-4-9(2)7-11(12-8-16-12)6-5-10(3)13(14)15/h4-5,7,11-12H,1,6,8H2,2-3H3,(H,14,15). The summed E-state index contributed by atoms with van der Waals surface area (Å²) in [6, 6.07) is 0. The zero-order chi connectivity index (χ0) is 12.1. The largest absolute Gasteiger partial charge is 0.478 e. The average Bonchev–Trinajstić information content (AvgIpc) is 3.06. The number of hydrogen-bond donors (Lipinski definition) is 1. The molecule has 3 nitrogen and oxygen atoms in total. The second-order valence-electron chi connectivity index (χ2n) is 4.08. The van der Waals surface area contributed by atoms with Crippen LogP contribution in [0.15, 0.2) is 36.0 Å². The summed E-state index contributed by atoms with van der Waals surface area (Å²) in [5.74, 6) is -0.604. The molecule has 0 aromatic heterocycles. The molecule has 88 valence electrons. The van der Waals surface area contributed by atoms with Gasteiger partial charge in [-0.25, -0.2) is 4.79 Å². The maximum absolute atomic E-state index is 10.6. The van der Waals surface area contributed by atoms with Crippen molar-refractivity contribution in [2.75, 3.05) is 6.61 Å². The minimum atomic E-state index is -0.861. The molecule has 0 aromatic carbocycles. The Hall–Kier alpha value is -1.35. The van der Waals surface area contributed by atoms with Gasteiger partial charge in [0.15, 0.2) is 0 Å². The fourth-order valence-electron chi connectivity index (χ4n) is 1.44. The Balaban J connectivity index is 2.62. The number of aliphatic carboxylic acids is 1. The molecular weight excluding hydrogens is 204 g/mol. The molecule has 0 radical (unpaired) electrons. The highest BCUT2D eigenvalue weighted by Crippen LogP contribution is 2.26. The molecule has 1 aliphatic heterocycles. The smallest absolute Gasteiger partial charge is 0.330 e.